The van der Waals surface area contributed by atoms with Crippen molar-refractivity contribution < 1.29 is 22.7 Å². The van der Waals surface area contributed by atoms with Crippen molar-refractivity contribution >= 4 is 21.7 Å². The van der Waals surface area contributed by atoms with Crippen LogP contribution in [0.4, 0.5) is 5.69 Å². The van der Waals surface area contributed by atoms with E-state index in [-0.39, 0.29) is 18.1 Å². The first-order chi connectivity index (χ1) is 12.0. The molecule has 134 valence electrons. The predicted octanol–water partition coefficient (Wildman–Crippen LogP) is 2.79. The number of hydrogen-bond acceptors (Lipinski definition) is 5. The van der Waals surface area contributed by atoms with Gasteiger partial charge in [-0.05, 0) is 38.1 Å². The molecule has 0 N–H and O–H groups in total. The molecule has 0 bridgehead atoms. The molecule has 1 heterocycles. The molecule has 0 spiro atoms. The molecule has 1 unspecified atom stereocenters. The maximum atomic E-state index is 13.1. The van der Waals surface area contributed by atoms with Gasteiger partial charge in [0.2, 0.25) is 6.10 Å². The fraction of sp³-hybridized carbons (Fsp3) is 0.278. The Labute approximate surface area is 148 Å². The lowest BCUT2D eigenvalue weighted by Crippen LogP contribution is -2.47. The van der Waals surface area contributed by atoms with E-state index in [2.05, 4.69) is 6.58 Å². The smallest absolute Gasteiger partial charge is 0.349 e. The largest absolute Gasteiger partial charge is 0.475 e. The van der Waals surface area contributed by atoms with Gasteiger partial charge in [-0.25, -0.2) is 13.2 Å². The van der Waals surface area contributed by atoms with E-state index >= 15 is 0 Å². The van der Waals surface area contributed by atoms with Crippen molar-refractivity contribution in [3.8, 4) is 5.75 Å². The molecule has 0 aliphatic carbocycles. The van der Waals surface area contributed by atoms with E-state index in [9.17, 15) is 13.2 Å². The summed E-state index contributed by atoms with van der Waals surface area (Å²) in [5, 5.41) is 0. The van der Waals surface area contributed by atoms with Crippen LogP contribution in [0.25, 0.3) is 0 Å². The fourth-order valence-corrected chi connectivity index (χ4v) is 4.00. The van der Waals surface area contributed by atoms with Crippen LogP contribution in [0.15, 0.2) is 60.1 Å². The standard InChI is InChI=1S/C18H21NO5S/c1-4-9-14(10-5-2)25(21,22)19-13-17(18(20)23-6-3)24-16-12-8-7-11-15(16)19/h4-5,7-12,17H,1,6,13H2,2-3H3/b10-5-,14-9-. The number of sulfonamides is 1. The highest BCUT2D eigenvalue weighted by Gasteiger charge is 2.38. The van der Waals surface area contributed by atoms with Crippen molar-refractivity contribution in [2.24, 2.45) is 0 Å². The van der Waals surface area contributed by atoms with Crippen LogP contribution in [0, 0.1) is 0 Å². The Morgan fingerprint density at radius 3 is 2.80 bits per heavy atom. The van der Waals surface area contributed by atoms with Crippen molar-refractivity contribution in [1.82, 2.24) is 0 Å². The number of carbonyl (C=O) groups is 1. The van der Waals surface area contributed by atoms with Crippen LogP contribution in [0.1, 0.15) is 13.8 Å². The number of allylic oxidation sites excluding steroid dienone is 4. The zero-order valence-electron chi connectivity index (χ0n) is 14.2. The Bertz CT molecular complexity index is 811. The lowest BCUT2D eigenvalue weighted by molar-refractivity contribution is -0.151. The van der Waals surface area contributed by atoms with E-state index in [1.807, 2.05) is 0 Å². The van der Waals surface area contributed by atoms with Gasteiger partial charge < -0.3 is 9.47 Å². The minimum absolute atomic E-state index is 0.0734. The van der Waals surface area contributed by atoms with Gasteiger partial charge in [0, 0.05) is 0 Å². The molecule has 0 saturated heterocycles. The van der Waals surface area contributed by atoms with Crippen LogP contribution in [-0.4, -0.2) is 33.6 Å². The summed E-state index contributed by atoms with van der Waals surface area (Å²) in [7, 11) is -3.89. The molecule has 1 aromatic carbocycles. The molecular weight excluding hydrogens is 342 g/mol. The van der Waals surface area contributed by atoms with Crippen molar-refractivity contribution in [3.05, 3.63) is 60.1 Å². The summed E-state index contributed by atoms with van der Waals surface area (Å²) in [6.45, 7) is 6.99. The first-order valence-electron chi connectivity index (χ1n) is 7.86. The summed E-state index contributed by atoms with van der Waals surface area (Å²) in [4.78, 5) is 12.2. The SMILES string of the molecule is C=C/C=C(/C=C\C)S(=O)(=O)N1CC(C(=O)OCC)Oc2ccccc21. The Kier molecular flexibility index (Phi) is 6.03. The average molecular weight is 363 g/mol. The van der Waals surface area contributed by atoms with Gasteiger partial charge in [-0.15, -0.1) is 0 Å². The number of fused-ring (bicyclic) bond motifs is 1. The minimum Gasteiger partial charge on any atom is -0.475 e. The lowest BCUT2D eigenvalue weighted by Gasteiger charge is -2.34. The van der Waals surface area contributed by atoms with Gasteiger partial charge in [0.05, 0.1) is 23.7 Å². The maximum absolute atomic E-state index is 13.1. The minimum atomic E-state index is -3.89. The van der Waals surface area contributed by atoms with Crippen LogP contribution < -0.4 is 9.04 Å². The molecule has 1 aliphatic rings. The second kappa shape index (κ2) is 8.02. The molecule has 1 aliphatic heterocycles. The molecule has 0 radical (unpaired) electrons. The van der Waals surface area contributed by atoms with Gasteiger partial charge >= 0.3 is 5.97 Å². The first-order valence-corrected chi connectivity index (χ1v) is 9.30. The van der Waals surface area contributed by atoms with Gasteiger partial charge in [-0.2, -0.15) is 0 Å². The molecule has 0 fully saturated rings. The van der Waals surface area contributed by atoms with Crippen molar-refractivity contribution in [1.29, 1.82) is 0 Å². The molecule has 0 amide bonds. The second-order valence-corrected chi connectivity index (χ2v) is 7.03. The Morgan fingerprint density at radius 2 is 2.16 bits per heavy atom. The Hall–Kier alpha value is -2.54. The number of rotatable bonds is 6. The lowest BCUT2D eigenvalue weighted by atomic mass is 10.2. The quantitative estimate of drug-likeness (QED) is 0.574. The maximum Gasteiger partial charge on any atom is 0.349 e. The number of anilines is 1. The molecule has 6 nitrogen and oxygen atoms in total. The molecule has 7 heteroatoms. The molecule has 25 heavy (non-hydrogen) atoms. The summed E-state index contributed by atoms with van der Waals surface area (Å²) in [6.07, 6.45) is 4.89. The molecule has 0 aromatic heterocycles. The van der Waals surface area contributed by atoms with Crippen molar-refractivity contribution in [2.75, 3.05) is 17.5 Å². The number of hydrogen-bond donors (Lipinski definition) is 0. The number of benzene rings is 1. The van der Waals surface area contributed by atoms with E-state index in [0.29, 0.717) is 11.4 Å². The van der Waals surface area contributed by atoms with Gasteiger partial charge in [0.15, 0.2) is 0 Å². The van der Waals surface area contributed by atoms with Gasteiger partial charge in [-0.3, -0.25) is 4.31 Å². The van der Waals surface area contributed by atoms with E-state index in [1.54, 1.807) is 44.2 Å². The summed E-state index contributed by atoms with van der Waals surface area (Å²) in [5.74, 6) is -0.286. The van der Waals surface area contributed by atoms with Crippen molar-refractivity contribution in [3.63, 3.8) is 0 Å². The number of carbonyl (C=O) groups excluding carboxylic acids is 1. The third kappa shape index (κ3) is 3.93. The summed E-state index contributed by atoms with van der Waals surface area (Å²) < 4.78 is 38.0. The predicted molar refractivity (Wildman–Crippen MR) is 96.9 cm³/mol. The van der Waals surface area contributed by atoms with Gasteiger partial charge in [0.1, 0.15) is 5.75 Å². The van der Waals surface area contributed by atoms with E-state index in [0.717, 1.165) is 0 Å². The highest BCUT2D eigenvalue weighted by atomic mass is 32.2. The number of ether oxygens (including phenoxy) is 2. The third-order valence-corrected chi connectivity index (χ3v) is 5.28. The van der Waals surface area contributed by atoms with Crippen LogP contribution in [-0.2, 0) is 19.6 Å². The summed E-state index contributed by atoms with van der Waals surface area (Å²) in [5.41, 5.74) is 0.377. The van der Waals surface area contributed by atoms with E-state index in [1.165, 1.54) is 22.5 Å². The first kappa shape index (κ1) is 18.8. The van der Waals surface area contributed by atoms with Gasteiger partial charge in [-0.1, -0.05) is 30.9 Å². The van der Waals surface area contributed by atoms with E-state index < -0.39 is 22.1 Å². The zero-order valence-corrected chi connectivity index (χ0v) is 15.0. The second-order valence-electron chi connectivity index (χ2n) is 5.17. The van der Waals surface area contributed by atoms with E-state index in [4.69, 9.17) is 9.47 Å². The monoisotopic (exact) mass is 363 g/mol. The van der Waals surface area contributed by atoms with Crippen molar-refractivity contribution in [2.45, 2.75) is 20.0 Å². The van der Waals surface area contributed by atoms with Gasteiger partial charge in [0.25, 0.3) is 10.0 Å². The highest BCUT2D eigenvalue weighted by Crippen LogP contribution is 2.36. The Balaban J connectivity index is 2.52. The molecule has 0 saturated carbocycles. The topological polar surface area (TPSA) is 72.9 Å². The summed E-state index contributed by atoms with van der Waals surface area (Å²) >= 11 is 0. The van der Waals surface area contributed by atoms with Crippen LogP contribution >= 0.6 is 0 Å². The molecule has 2 rings (SSSR count). The highest BCUT2D eigenvalue weighted by molar-refractivity contribution is 7.96. The molecule has 1 atom stereocenters. The fourth-order valence-electron chi connectivity index (χ4n) is 2.42. The molecular formula is C18H21NO5S. The molecule has 1 aromatic rings. The van der Waals surface area contributed by atoms with Crippen LogP contribution in [0.3, 0.4) is 0 Å². The normalized spacial score (nSPS) is 17.8. The number of nitrogens with zero attached hydrogens (tertiary/aromatic N) is 1. The number of esters is 1. The third-order valence-electron chi connectivity index (χ3n) is 3.49. The number of para-hydroxylation sites is 2. The Morgan fingerprint density at radius 1 is 1.44 bits per heavy atom. The zero-order chi connectivity index (χ0) is 18.4. The van der Waals surface area contributed by atoms with Crippen LogP contribution in [0.5, 0.6) is 5.75 Å². The summed E-state index contributed by atoms with van der Waals surface area (Å²) in [6, 6.07) is 6.68. The van der Waals surface area contributed by atoms with Crippen LogP contribution in [0.2, 0.25) is 0 Å². The average Bonchev–Trinajstić information content (AvgIpc) is 2.60.